The summed E-state index contributed by atoms with van der Waals surface area (Å²) in [6.45, 7) is -2.33. The fraction of sp³-hybridized carbons (Fsp3) is 0.444. The van der Waals surface area contributed by atoms with Crippen molar-refractivity contribution in [2.24, 2.45) is 5.73 Å². The number of pyridine rings is 1. The lowest BCUT2D eigenvalue weighted by atomic mass is 10.3. The first kappa shape index (κ1) is 16.7. The van der Waals surface area contributed by atoms with Gasteiger partial charge in [0.05, 0.1) is 13.1 Å². The molecule has 0 aliphatic carbocycles. The SMILES string of the molecule is NCC(F)(F)CNS(=O)(=O)c1ccc(C(F)(F)F)nc1. The Bertz CT molecular complexity index is 556. The molecule has 0 saturated heterocycles. The first-order valence-corrected chi connectivity index (χ1v) is 6.57. The van der Waals surface area contributed by atoms with Crippen LogP contribution >= 0.6 is 0 Å². The molecule has 1 aromatic heterocycles. The first-order valence-electron chi connectivity index (χ1n) is 5.09. The zero-order chi connectivity index (χ0) is 15.6. The smallest absolute Gasteiger partial charge is 0.325 e. The Hall–Kier alpha value is -1.33. The predicted molar refractivity (Wildman–Crippen MR) is 58.4 cm³/mol. The Morgan fingerprint density at radius 1 is 1.20 bits per heavy atom. The van der Waals surface area contributed by atoms with Crippen LogP contribution in [0.15, 0.2) is 23.2 Å². The van der Waals surface area contributed by atoms with E-state index in [4.69, 9.17) is 5.73 Å². The number of nitrogens with two attached hydrogens (primary N) is 1. The normalized spacial score (nSPS) is 13.5. The van der Waals surface area contributed by atoms with Gasteiger partial charge in [0.2, 0.25) is 10.0 Å². The van der Waals surface area contributed by atoms with Crippen molar-refractivity contribution in [3.05, 3.63) is 24.0 Å². The lowest BCUT2D eigenvalue weighted by Gasteiger charge is -2.14. The Morgan fingerprint density at radius 3 is 2.20 bits per heavy atom. The molecule has 1 aromatic rings. The van der Waals surface area contributed by atoms with Gasteiger partial charge in [-0.25, -0.2) is 21.9 Å². The van der Waals surface area contributed by atoms with Crippen LogP contribution in [0.25, 0.3) is 0 Å². The molecule has 0 radical (unpaired) electrons. The molecule has 20 heavy (non-hydrogen) atoms. The van der Waals surface area contributed by atoms with Gasteiger partial charge in [-0.3, -0.25) is 4.98 Å². The number of halogens is 5. The Labute approximate surface area is 111 Å². The zero-order valence-corrected chi connectivity index (χ0v) is 10.6. The van der Waals surface area contributed by atoms with Crippen LogP contribution in [0.1, 0.15) is 5.69 Å². The molecule has 0 aliphatic heterocycles. The van der Waals surface area contributed by atoms with E-state index in [0.29, 0.717) is 18.3 Å². The highest BCUT2D eigenvalue weighted by Crippen LogP contribution is 2.27. The maximum Gasteiger partial charge on any atom is 0.433 e. The molecular weight excluding hydrogens is 309 g/mol. The minimum absolute atomic E-state index is 0.436. The van der Waals surface area contributed by atoms with E-state index in [1.165, 1.54) is 0 Å². The summed E-state index contributed by atoms with van der Waals surface area (Å²) in [7, 11) is -4.38. The van der Waals surface area contributed by atoms with Crippen molar-refractivity contribution in [3.8, 4) is 0 Å². The number of nitrogens with one attached hydrogen (secondary N) is 1. The third-order valence-corrected chi connectivity index (χ3v) is 3.54. The summed E-state index contributed by atoms with van der Waals surface area (Å²) in [6.07, 6.45) is -4.28. The third kappa shape index (κ3) is 4.35. The standard InChI is InChI=1S/C9H10F5N3O2S/c10-8(11,4-15)5-17-20(18,19)6-1-2-7(16-3-6)9(12,13)14/h1-3,17H,4-5,15H2. The van der Waals surface area contributed by atoms with Crippen molar-refractivity contribution in [1.82, 2.24) is 9.71 Å². The molecule has 1 heterocycles. The predicted octanol–water partition coefficient (Wildman–Crippen LogP) is 0.973. The zero-order valence-electron chi connectivity index (χ0n) is 9.79. The maximum absolute atomic E-state index is 12.8. The van der Waals surface area contributed by atoms with Crippen LogP contribution in [0.5, 0.6) is 0 Å². The van der Waals surface area contributed by atoms with Crippen molar-refractivity contribution in [2.45, 2.75) is 17.0 Å². The molecule has 0 amide bonds. The molecule has 3 N–H and O–H groups in total. The monoisotopic (exact) mass is 319 g/mol. The lowest BCUT2D eigenvalue weighted by molar-refractivity contribution is -0.141. The van der Waals surface area contributed by atoms with Gasteiger partial charge in [0.25, 0.3) is 5.92 Å². The van der Waals surface area contributed by atoms with Crippen molar-refractivity contribution in [1.29, 1.82) is 0 Å². The average Bonchev–Trinajstić information content (AvgIpc) is 2.36. The van der Waals surface area contributed by atoms with Gasteiger partial charge < -0.3 is 5.73 Å². The van der Waals surface area contributed by atoms with E-state index < -0.39 is 45.8 Å². The van der Waals surface area contributed by atoms with Gasteiger partial charge in [-0.1, -0.05) is 0 Å². The number of rotatable bonds is 5. The highest BCUT2D eigenvalue weighted by Gasteiger charge is 2.33. The van der Waals surface area contributed by atoms with Gasteiger partial charge in [0, 0.05) is 6.20 Å². The van der Waals surface area contributed by atoms with Crippen molar-refractivity contribution >= 4 is 10.0 Å². The molecule has 114 valence electrons. The van der Waals surface area contributed by atoms with Crippen LogP contribution in [-0.2, 0) is 16.2 Å². The van der Waals surface area contributed by atoms with Crippen LogP contribution in [0.2, 0.25) is 0 Å². The second kappa shape index (κ2) is 5.58. The van der Waals surface area contributed by atoms with Crippen LogP contribution in [-0.4, -0.2) is 32.4 Å². The minimum atomic E-state index is -4.72. The molecule has 0 spiro atoms. The van der Waals surface area contributed by atoms with E-state index in [1.807, 2.05) is 0 Å². The Kier molecular flexibility index (Phi) is 4.66. The van der Waals surface area contributed by atoms with Crippen LogP contribution in [0.3, 0.4) is 0 Å². The van der Waals surface area contributed by atoms with Gasteiger partial charge in [0.1, 0.15) is 10.6 Å². The van der Waals surface area contributed by atoms with Crippen LogP contribution < -0.4 is 10.5 Å². The number of nitrogens with zero attached hydrogens (tertiary/aromatic N) is 1. The highest BCUT2D eigenvalue weighted by molar-refractivity contribution is 7.89. The molecule has 1 rings (SSSR count). The van der Waals surface area contributed by atoms with Gasteiger partial charge in [-0.2, -0.15) is 13.2 Å². The molecule has 0 unspecified atom stereocenters. The number of alkyl halides is 5. The van der Waals surface area contributed by atoms with Crippen LogP contribution in [0, 0.1) is 0 Å². The number of sulfonamides is 1. The molecule has 0 aromatic carbocycles. The summed E-state index contributed by atoms with van der Waals surface area (Å²) >= 11 is 0. The summed E-state index contributed by atoms with van der Waals surface area (Å²) in [5.74, 6) is -3.45. The Balaban J connectivity index is 2.89. The lowest BCUT2D eigenvalue weighted by Crippen LogP contribution is -2.41. The summed E-state index contributed by atoms with van der Waals surface area (Å²) in [5, 5.41) is 0. The molecule has 0 fully saturated rings. The van der Waals surface area contributed by atoms with Crippen molar-refractivity contribution in [2.75, 3.05) is 13.1 Å². The number of hydrogen-bond acceptors (Lipinski definition) is 4. The molecule has 0 aliphatic rings. The molecule has 11 heteroatoms. The van der Waals surface area contributed by atoms with E-state index in [9.17, 15) is 30.4 Å². The van der Waals surface area contributed by atoms with E-state index in [0.717, 1.165) is 0 Å². The maximum atomic E-state index is 12.8. The topological polar surface area (TPSA) is 85.1 Å². The Morgan fingerprint density at radius 2 is 1.80 bits per heavy atom. The van der Waals surface area contributed by atoms with Crippen LogP contribution in [0.4, 0.5) is 22.0 Å². The second-order valence-corrected chi connectivity index (χ2v) is 5.53. The summed E-state index contributed by atoms with van der Waals surface area (Å²) in [6, 6.07) is 1.06. The minimum Gasteiger partial charge on any atom is -0.325 e. The summed E-state index contributed by atoms with van der Waals surface area (Å²) < 4.78 is 86.9. The van der Waals surface area contributed by atoms with E-state index in [1.54, 1.807) is 4.72 Å². The molecular formula is C9H10F5N3O2S. The summed E-state index contributed by atoms with van der Waals surface area (Å²) in [5.41, 5.74) is 3.43. The number of aromatic nitrogens is 1. The van der Waals surface area contributed by atoms with E-state index in [2.05, 4.69) is 4.98 Å². The number of hydrogen-bond donors (Lipinski definition) is 2. The van der Waals surface area contributed by atoms with Gasteiger partial charge in [-0.05, 0) is 12.1 Å². The third-order valence-electron chi connectivity index (χ3n) is 2.16. The fourth-order valence-electron chi connectivity index (χ4n) is 1.06. The largest absolute Gasteiger partial charge is 0.433 e. The average molecular weight is 319 g/mol. The van der Waals surface area contributed by atoms with Gasteiger partial charge in [-0.15, -0.1) is 0 Å². The molecule has 0 atom stereocenters. The highest BCUT2D eigenvalue weighted by atomic mass is 32.2. The summed E-state index contributed by atoms with van der Waals surface area (Å²) in [4.78, 5) is 2.27. The molecule has 5 nitrogen and oxygen atoms in total. The molecule has 0 bridgehead atoms. The van der Waals surface area contributed by atoms with Gasteiger partial charge in [0.15, 0.2) is 0 Å². The van der Waals surface area contributed by atoms with Crippen molar-refractivity contribution in [3.63, 3.8) is 0 Å². The van der Waals surface area contributed by atoms with Crippen molar-refractivity contribution < 1.29 is 30.4 Å². The first-order chi connectivity index (χ1) is 8.98. The molecule has 0 saturated carbocycles. The van der Waals surface area contributed by atoms with Gasteiger partial charge >= 0.3 is 6.18 Å². The second-order valence-electron chi connectivity index (χ2n) is 3.76. The fourth-order valence-corrected chi connectivity index (χ4v) is 2.07. The van der Waals surface area contributed by atoms with E-state index in [-0.39, 0.29) is 0 Å². The quantitative estimate of drug-likeness (QED) is 0.792. The van der Waals surface area contributed by atoms with E-state index >= 15 is 0 Å².